The molecule has 1 amide bonds. The molecule has 0 bridgehead atoms. The van der Waals surface area contributed by atoms with Crippen LogP contribution >= 0.6 is 11.8 Å². The Hall–Kier alpha value is -4.24. The van der Waals surface area contributed by atoms with Crippen LogP contribution in [0, 0.1) is 0 Å². The molecule has 5 rings (SSSR count). The number of fused-ring (bicyclic) bond motifs is 1. The zero-order valence-electron chi connectivity index (χ0n) is 19.2. The normalized spacial score (nSPS) is 10.9. The Morgan fingerprint density at radius 2 is 1.80 bits per heavy atom. The number of anilines is 1. The molecule has 8 nitrogen and oxygen atoms in total. The molecule has 176 valence electrons. The van der Waals surface area contributed by atoms with Gasteiger partial charge in [-0.1, -0.05) is 48.2 Å². The molecule has 0 radical (unpaired) electrons. The number of rotatable bonds is 8. The van der Waals surface area contributed by atoms with Crippen molar-refractivity contribution in [1.29, 1.82) is 0 Å². The van der Waals surface area contributed by atoms with Crippen LogP contribution in [0.25, 0.3) is 28.0 Å². The molecule has 3 aromatic carbocycles. The van der Waals surface area contributed by atoms with Crippen LogP contribution < -0.4 is 14.8 Å². The Labute approximate surface area is 206 Å². The molecule has 0 unspecified atom stereocenters. The second kappa shape index (κ2) is 9.94. The number of thioether (sulfide) groups is 1. The lowest BCUT2D eigenvalue weighted by atomic mass is 10.1. The molecule has 9 heteroatoms. The molecule has 0 aliphatic carbocycles. The number of H-pyrrole nitrogens is 1. The van der Waals surface area contributed by atoms with Crippen molar-refractivity contribution in [2.45, 2.75) is 5.16 Å². The number of amides is 1. The monoisotopic (exact) mass is 485 g/mol. The second-order valence-electron chi connectivity index (χ2n) is 7.63. The first-order valence-corrected chi connectivity index (χ1v) is 11.9. The SMILES string of the molecule is COc1ccc(NC(=O)CSc2nnc(-c3c[nH]c4ccccc34)n2-c2ccccc2)c(OC)c1. The predicted octanol–water partition coefficient (Wildman–Crippen LogP) is 5.16. The summed E-state index contributed by atoms with van der Waals surface area (Å²) < 4.78 is 12.6. The maximum Gasteiger partial charge on any atom is 0.234 e. The van der Waals surface area contributed by atoms with Gasteiger partial charge < -0.3 is 19.8 Å². The average Bonchev–Trinajstić information content (AvgIpc) is 3.52. The Kier molecular flexibility index (Phi) is 6.40. The van der Waals surface area contributed by atoms with Crippen molar-refractivity contribution in [2.75, 3.05) is 25.3 Å². The molecule has 0 spiro atoms. The van der Waals surface area contributed by atoms with Gasteiger partial charge in [0.15, 0.2) is 11.0 Å². The van der Waals surface area contributed by atoms with Crippen molar-refractivity contribution in [3.8, 4) is 28.6 Å². The number of hydrogen-bond acceptors (Lipinski definition) is 6. The third-order valence-corrected chi connectivity index (χ3v) is 6.42. The summed E-state index contributed by atoms with van der Waals surface area (Å²) in [5.41, 5.74) is 3.45. The largest absolute Gasteiger partial charge is 0.497 e. The quantitative estimate of drug-likeness (QED) is 0.295. The van der Waals surface area contributed by atoms with Gasteiger partial charge in [0, 0.05) is 34.4 Å². The average molecular weight is 486 g/mol. The number of para-hydroxylation sites is 2. The van der Waals surface area contributed by atoms with Gasteiger partial charge in [-0.05, 0) is 30.3 Å². The second-order valence-corrected chi connectivity index (χ2v) is 8.57. The van der Waals surface area contributed by atoms with Crippen LogP contribution in [0.3, 0.4) is 0 Å². The zero-order chi connectivity index (χ0) is 24.2. The van der Waals surface area contributed by atoms with Gasteiger partial charge in [0.25, 0.3) is 0 Å². The van der Waals surface area contributed by atoms with Gasteiger partial charge >= 0.3 is 0 Å². The van der Waals surface area contributed by atoms with E-state index in [0.717, 1.165) is 22.2 Å². The van der Waals surface area contributed by atoms with Crippen LogP contribution in [0.5, 0.6) is 11.5 Å². The van der Waals surface area contributed by atoms with Crippen LogP contribution in [0.2, 0.25) is 0 Å². The number of benzene rings is 3. The molecule has 2 N–H and O–H groups in total. The number of aromatic nitrogens is 4. The summed E-state index contributed by atoms with van der Waals surface area (Å²) in [4.78, 5) is 16.1. The van der Waals surface area contributed by atoms with Gasteiger partial charge in [-0.25, -0.2) is 0 Å². The van der Waals surface area contributed by atoms with E-state index in [4.69, 9.17) is 9.47 Å². The van der Waals surface area contributed by atoms with Crippen molar-refractivity contribution in [3.05, 3.63) is 79.0 Å². The number of ether oxygens (including phenoxy) is 2. The molecule has 35 heavy (non-hydrogen) atoms. The Morgan fingerprint density at radius 3 is 2.60 bits per heavy atom. The molecule has 0 atom stereocenters. The molecule has 2 heterocycles. The lowest BCUT2D eigenvalue weighted by Gasteiger charge is -2.12. The van der Waals surface area contributed by atoms with Crippen molar-refractivity contribution in [3.63, 3.8) is 0 Å². The summed E-state index contributed by atoms with van der Waals surface area (Å²) in [6.07, 6.45) is 1.94. The van der Waals surface area contributed by atoms with Crippen molar-refractivity contribution >= 4 is 34.3 Å². The summed E-state index contributed by atoms with van der Waals surface area (Å²) in [6.45, 7) is 0. The molecule has 0 aliphatic rings. The molecule has 0 saturated heterocycles. The lowest BCUT2D eigenvalue weighted by molar-refractivity contribution is -0.113. The van der Waals surface area contributed by atoms with Crippen LogP contribution in [-0.4, -0.2) is 45.6 Å². The maximum atomic E-state index is 12.8. The Bertz CT molecular complexity index is 1480. The van der Waals surface area contributed by atoms with Crippen LogP contribution in [-0.2, 0) is 4.79 Å². The molecular weight excluding hydrogens is 462 g/mol. The molecule has 0 aliphatic heterocycles. The minimum absolute atomic E-state index is 0.147. The summed E-state index contributed by atoms with van der Waals surface area (Å²) in [5, 5.41) is 13.5. The summed E-state index contributed by atoms with van der Waals surface area (Å²) >= 11 is 1.32. The van der Waals surface area contributed by atoms with E-state index in [9.17, 15) is 4.79 Å². The van der Waals surface area contributed by atoms with E-state index >= 15 is 0 Å². The number of carbonyl (C=O) groups is 1. The zero-order valence-corrected chi connectivity index (χ0v) is 20.0. The van der Waals surface area contributed by atoms with E-state index in [2.05, 4.69) is 20.5 Å². The molecular formula is C26H23N5O3S. The lowest BCUT2D eigenvalue weighted by Crippen LogP contribution is -2.15. The number of aromatic amines is 1. The minimum Gasteiger partial charge on any atom is -0.497 e. The molecule has 0 fully saturated rings. The maximum absolute atomic E-state index is 12.8. The van der Waals surface area contributed by atoms with Gasteiger partial charge in [-0.3, -0.25) is 9.36 Å². The van der Waals surface area contributed by atoms with Crippen molar-refractivity contribution in [1.82, 2.24) is 19.7 Å². The van der Waals surface area contributed by atoms with Gasteiger partial charge in [0.1, 0.15) is 11.5 Å². The van der Waals surface area contributed by atoms with E-state index in [0.29, 0.717) is 28.2 Å². The first-order chi connectivity index (χ1) is 17.2. The third-order valence-electron chi connectivity index (χ3n) is 5.49. The van der Waals surface area contributed by atoms with E-state index < -0.39 is 0 Å². The highest BCUT2D eigenvalue weighted by atomic mass is 32.2. The molecule has 2 aromatic heterocycles. The van der Waals surface area contributed by atoms with Crippen LogP contribution in [0.1, 0.15) is 0 Å². The van der Waals surface area contributed by atoms with E-state index in [1.165, 1.54) is 11.8 Å². The van der Waals surface area contributed by atoms with Gasteiger partial charge in [0.05, 0.1) is 25.7 Å². The molecule has 5 aromatic rings. The molecule has 0 saturated carbocycles. The predicted molar refractivity (Wildman–Crippen MR) is 138 cm³/mol. The highest BCUT2D eigenvalue weighted by molar-refractivity contribution is 7.99. The van der Waals surface area contributed by atoms with Gasteiger partial charge in [0.2, 0.25) is 5.91 Å². The standard InChI is InChI=1S/C26H23N5O3S/c1-33-18-12-13-22(23(14-18)34-2)28-24(32)16-35-26-30-29-25(31(26)17-8-4-3-5-9-17)20-15-27-21-11-7-6-10-19(20)21/h3-15,27H,16H2,1-2H3,(H,28,32). The Morgan fingerprint density at radius 1 is 1.00 bits per heavy atom. The topological polar surface area (TPSA) is 94.1 Å². The van der Waals surface area contributed by atoms with E-state index in [-0.39, 0.29) is 11.7 Å². The van der Waals surface area contributed by atoms with Crippen LogP contribution in [0.15, 0.2) is 84.1 Å². The Balaban J connectivity index is 1.42. The first kappa shape index (κ1) is 22.5. The van der Waals surface area contributed by atoms with Crippen LogP contribution in [0.4, 0.5) is 5.69 Å². The summed E-state index contributed by atoms with van der Waals surface area (Å²) in [6, 6.07) is 23.2. The van der Waals surface area contributed by atoms with E-state index in [1.54, 1.807) is 32.4 Å². The van der Waals surface area contributed by atoms with Crippen molar-refractivity contribution in [2.24, 2.45) is 0 Å². The number of carbonyl (C=O) groups excluding carboxylic acids is 1. The van der Waals surface area contributed by atoms with Gasteiger partial charge in [-0.2, -0.15) is 0 Å². The smallest absolute Gasteiger partial charge is 0.234 e. The highest BCUT2D eigenvalue weighted by Crippen LogP contribution is 2.33. The fourth-order valence-electron chi connectivity index (χ4n) is 3.82. The number of methoxy groups -OCH3 is 2. The summed E-state index contributed by atoms with van der Waals surface area (Å²) in [7, 11) is 3.13. The van der Waals surface area contributed by atoms with Gasteiger partial charge in [-0.15, -0.1) is 10.2 Å². The third kappa shape index (κ3) is 4.58. The number of nitrogens with one attached hydrogen (secondary N) is 2. The number of nitrogens with zero attached hydrogens (tertiary/aromatic N) is 3. The number of hydrogen-bond donors (Lipinski definition) is 2. The summed E-state index contributed by atoms with van der Waals surface area (Å²) in [5.74, 6) is 1.84. The fraction of sp³-hybridized carbons (Fsp3) is 0.115. The minimum atomic E-state index is -0.185. The first-order valence-electron chi connectivity index (χ1n) is 10.9. The fourth-order valence-corrected chi connectivity index (χ4v) is 4.57. The van der Waals surface area contributed by atoms with Crippen molar-refractivity contribution < 1.29 is 14.3 Å². The highest BCUT2D eigenvalue weighted by Gasteiger charge is 2.20. The van der Waals surface area contributed by atoms with E-state index in [1.807, 2.05) is 65.4 Å².